The molecule has 0 spiro atoms. The van der Waals surface area contributed by atoms with E-state index in [1.165, 1.54) is 18.2 Å². The van der Waals surface area contributed by atoms with Crippen molar-refractivity contribution in [2.75, 3.05) is 0 Å². The number of rotatable bonds is 2. The zero-order valence-electron chi connectivity index (χ0n) is 14.2. The number of carbonyl (C=O) groups is 1. The normalized spacial score (nSPS) is 17.4. The minimum atomic E-state index is -0.732. The van der Waals surface area contributed by atoms with E-state index in [1.54, 1.807) is 54.6 Å². The standard InChI is InChI=1S/C22H16O5/c23-15-5-1-3-13(9-15)10-19-21(26)18-12-17(25)7-8-20(18)27-22(19)14-4-2-6-16(24)11-14/h1-12,22-25H. The van der Waals surface area contributed by atoms with Gasteiger partial charge < -0.3 is 20.1 Å². The Labute approximate surface area is 155 Å². The maximum Gasteiger partial charge on any atom is 0.196 e. The number of ether oxygens (including phenoxy) is 1. The van der Waals surface area contributed by atoms with Crippen LogP contribution in [0.5, 0.6) is 23.0 Å². The number of fused-ring (bicyclic) bond motifs is 1. The third-order valence-electron chi connectivity index (χ3n) is 4.36. The van der Waals surface area contributed by atoms with Crippen molar-refractivity contribution in [2.24, 2.45) is 0 Å². The Kier molecular flexibility index (Phi) is 4.05. The average Bonchev–Trinajstić information content (AvgIpc) is 2.64. The van der Waals surface area contributed by atoms with Crippen molar-refractivity contribution in [3.05, 3.63) is 89.0 Å². The minimum absolute atomic E-state index is 0.0294. The molecule has 1 heterocycles. The summed E-state index contributed by atoms with van der Waals surface area (Å²) in [5.74, 6) is 0.193. The fourth-order valence-corrected chi connectivity index (χ4v) is 3.13. The predicted molar refractivity (Wildman–Crippen MR) is 100.0 cm³/mol. The van der Waals surface area contributed by atoms with Crippen LogP contribution in [0.3, 0.4) is 0 Å². The molecule has 5 nitrogen and oxygen atoms in total. The Balaban J connectivity index is 1.89. The molecule has 1 unspecified atom stereocenters. The minimum Gasteiger partial charge on any atom is -0.508 e. The van der Waals surface area contributed by atoms with Crippen molar-refractivity contribution >= 4 is 11.9 Å². The molecule has 3 aromatic rings. The van der Waals surface area contributed by atoms with Gasteiger partial charge in [0, 0.05) is 11.1 Å². The molecule has 134 valence electrons. The first-order chi connectivity index (χ1) is 13.0. The summed E-state index contributed by atoms with van der Waals surface area (Å²) < 4.78 is 6.04. The molecule has 1 atom stereocenters. The van der Waals surface area contributed by atoms with Crippen molar-refractivity contribution in [3.8, 4) is 23.0 Å². The van der Waals surface area contributed by atoms with Crippen LogP contribution in [0.2, 0.25) is 0 Å². The van der Waals surface area contributed by atoms with E-state index in [9.17, 15) is 20.1 Å². The lowest BCUT2D eigenvalue weighted by Crippen LogP contribution is -2.23. The Morgan fingerprint density at radius 2 is 1.52 bits per heavy atom. The van der Waals surface area contributed by atoms with E-state index in [2.05, 4.69) is 0 Å². The smallest absolute Gasteiger partial charge is 0.196 e. The SMILES string of the molecule is O=C1C(=Cc2cccc(O)c2)C(c2cccc(O)c2)Oc2ccc(O)cc21. The molecule has 0 radical (unpaired) electrons. The van der Waals surface area contributed by atoms with Crippen molar-refractivity contribution in [1.82, 2.24) is 0 Å². The second-order valence-electron chi connectivity index (χ2n) is 6.30. The van der Waals surface area contributed by atoms with Crippen LogP contribution < -0.4 is 4.74 Å². The molecule has 3 aromatic carbocycles. The molecular formula is C22H16O5. The van der Waals surface area contributed by atoms with E-state index in [1.807, 2.05) is 0 Å². The van der Waals surface area contributed by atoms with Crippen molar-refractivity contribution in [1.29, 1.82) is 0 Å². The number of phenols is 3. The fourth-order valence-electron chi connectivity index (χ4n) is 3.13. The van der Waals surface area contributed by atoms with Crippen LogP contribution >= 0.6 is 0 Å². The van der Waals surface area contributed by atoms with Gasteiger partial charge in [0.05, 0.1) is 5.56 Å². The first kappa shape index (κ1) is 16.7. The zero-order chi connectivity index (χ0) is 19.0. The quantitative estimate of drug-likeness (QED) is 0.596. The van der Waals surface area contributed by atoms with Gasteiger partial charge in [-0.25, -0.2) is 0 Å². The molecule has 3 N–H and O–H groups in total. The molecule has 0 saturated heterocycles. The van der Waals surface area contributed by atoms with Crippen molar-refractivity contribution < 1.29 is 24.9 Å². The number of benzene rings is 3. The summed E-state index contributed by atoms with van der Waals surface area (Å²) >= 11 is 0. The van der Waals surface area contributed by atoms with Crippen LogP contribution in [0, 0.1) is 0 Å². The number of ketones is 1. The predicted octanol–water partition coefficient (Wildman–Crippen LogP) is 4.20. The third kappa shape index (κ3) is 3.22. The molecule has 0 aliphatic carbocycles. The van der Waals surface area contributed by atoms with Gasteiger partial charge in [-0.2, -0.15) is 0 Å². The van der Waals surface area contributed by atoms with Crippen molar-refractivity contribution in [2.45, 2.75) is 6.10 Å². The summed E-state index contributed by atoms with van der Waals surface area (Å²) in [6, 6.07) is 17.4. The number of hydrogen-bond donors (Lipinski definition) is 3. The van der Waals surface area contributed by atoms with E-state index in [0.717, 1.165) is 0 Å². The van der Waals surface area contributed by atoms with Gasteiger partial charge in [0.1, 0.15) is 23.0 Å². The maximum atomic E-state index is 13.1. The van der Waals surface area contributed by atoms with Gasteiger partial charge in [0.2, 0.25) is 0 Å². The number of Topliss-reactive ketones (excluding diaryl/α,β-unsaturated/α-hetero) is 1. The van der Waals surface area contributed by atoms with Gasteiger partial charge in [-0.15, -0.1) is 0 Å². The van der Waals surface area contributed by atoms with E-state index in [4.69, 9.17) is 4.74 Å². The summed E-state index contributed by atoms with van der Waals surface area (Å²) in [4.78, 5) is 13.1. The highest BCUT2D eigenvalue weighted by molar-refractivity contribution is 6.14. The van der Waals surface area contributed by atoms with Gasteiger partial charge >= 0.3 is 0 Å². The largest absolute Gasteiger partial charge is 0.508 e. The number of aromatic hydroxyl groups is 3. The van der Waals surface area contributed by atoms with Crippen LogP contribution in [0.15, 0.2) is 72.3 Å². The molecule has 0 bridgehead atoms. The van der Waals surface area contributed by atoms with Gasteiger partial charge in [-0.3, -0.25) is 4.79 Å². The molecule has 0 saturated carbocycles. The van der Waals surface area contributed by atoms with Crippen LogP contribution in [-0.2, 0) is 0 Å². The highest BCUT2D eigenvalue weighted by Crippen LogP contribution is 2.41. The lowest BCUT2D eigenvalue weighted by molar-refractivity contribution is 0.0962. The third-order valence-corrected chi connectivity index (χ3v) is 4.36. The number of phenolic OH excluding ortho intramolecular Hbond substituents is 3. The molecule has 0 amide bonds. The van der Waals surface area contributed by atoms with Gasteiger partial charge in [0.15, 0.2) is 11.9 Å². The molecule has 27 heavy (non-hydrogen) atoms. The summed E-state index contributed by atoms with van der Waals surface area (Å²) in [6.07, 6.45) is 0.910. The van der Waals surface area contributed by atoms with Crippen LogP contribution in [-0.4, -0.2) is 21.1 Å². The van der Waals surface area contributed by atoms with E-state index < -0.39 is 6.10 Å². The Morgan fingerprint density at radius 1 is 0.815 bits per heavy atom. The lowest BCUT2D eigenvalue weighted by Gasteiger charge is -2.28. The topological polar surface area (TPSA) is 87.0 Å². The van der Waals surface area contributed by atoms with E-state index >= 15 is 0 Å². The monoisotopic (exact) mass is 360 g/mol. The Morgan fingerprint density at radius 3 is 2.26 bits per heavy atom. The lowest BCUT2D eigenvalue weighted by atomic mass is 9.89. The molecular weight excluding hydrogens is 344 g/mol. The van der Waals surface area contributed by atoms with Gasteiger partial charge in [-0.05, 0) is 54.1 Å². The second-order valence-corrected chi connectivity index (χ2v) is 6.30. The Bertz CT molecular complexity index is 1070. The van der Waals surface area contributed by atoms with Gasteiger partial charge in [0.25, 0.3) is 0 Å². The van der Waals surface area contributed by atoms with Gasteiger partial charge in [-0.1, -0.05) is 24.3 Å². The van der Waals surface area contributed by atoms with Crippen LogP contribution in [0.25, 0.3) is 6.08 Å². The maximum absolute atomic E-state index is 13.1. The molecule has 0 fully saturated rings. The zero-order valence-corrected chi connectivity index (χ0v) is 14.2. The fraction of sp³-hybridized carbons (Fsp3) is 0.0455. The van der Waals surface area contributed by atoms with E-state index in [-0.39, 0.29) is 28.6 Å². The molecule has 4 rings (SSSR count). The highest BCUT2D eigenvalue weighted by atomic mass is 16.5. The second kappa shape index (κ2) is 6.53. The summed E-state index contributed by atoms with van der Waals surface area (Å²) in [7, 11) is 0. The molecule has 1 aliphatic rings. The highest BCUT2D eigenvalue weighted by Gasteiger charge is 2.33. The first-order valence-electron chi connectivity index (χ1n) is 8.35. The summed E-state index contributed by atoms with van der Waals surface area (Å²) in [5.41, 5.74) is 1.85. The first-order valence-corrected chi connectivity index (χ1v) is 8.35. The van der Waals surface area contributed by atoms with E-state index in [0.29, 0.717) is 22.4 Å². The molecule has 0 aromatic heterocycles. The van der Waals surface area contributed by atoms with Crippen LogP contribution in [0.1, 0.15) is 27.6 Å². The number of carbonyl (C=O) groups excluding carboxylic acids is 1. The Hall–Kier alpha value is -3.73. The van der Waals surface area contributed by atoms with Crippen molar-refractivity contribution in [3.63, 3.8) is 0 Å². The van der Waals surface area contributed by atoms with Crippen LogP contribution in [0.4, 0.5) is 0 Å². The number of hydrogen-bond acceptors (Lipinski definition) is 5. The summed E-state index contributed by atoms with van der Waals surface area (Å²) in [5, 5.41) is 29.3. The summed E-state index contributed by atoms with van der Waals surface area (Å²) in [6.45, 7) is 0. The molecule has 1 aliphatic heterocycles. The molecule has 5 heteroatoms. The average molecular weight is 360 g/mol.